The lowest BCUT2D eigenvalue weighted by molar-refractivity contribution is -0.387. The van der Waals surface area contributed by atoms with Crippen molar-refractivity contribution in [2.75, 3.05) is 13.7 Å². The van der Waals surface area contributed by atoms with E-state index < -0.39 is 91.9 Å². The van der Waals surface area contributed by atoms with Crippen LogP contribution in [0.25, 0.3) is 22.2 Å². The van der Waals surface area contributed by atoms with E-state index in [0.29, 0.717) is 28.1 Å². The van der Waals surface area contributed by atoms with Crippen molar-refractivity contribution in [3.63, 3.8) is 0 Å². The summed E-state index contributed by atoms with van der Waals surface area (Å²) >= 11 is 0. The SMILES string of the molecule is C=C[C@@H]1C[C@]1(NC(=O)[C@@H]1C[C@@H](Oc2cc(-c3ccccc3)nc3cc(OC)ccc23)CN1C(=O)[C@H](Cc1ccc(F)c([N+](=O)[O-])c1)NC(=O)OC(C)(C)C)C(=O)NS(=O)(=O)c1ccccc1. The Kier molecular flexibility index (Phi) is 13.1. The van der Waals surface area contributed by atoms with Gasteiger partial charge in [-0.1, -0.05) is 60.7 Å². The maximum Gasteiger partial charge on any atom is 0.408 e. The number of aromatic nitrogens is 1. The lowest BCUT2D eigenvalue weighted by Crippen LogP contribution is -2.58. The first kappa shape index (κ1) is 46.6. The van der Waals surface area contributed by atoms with Crippen LogP contribution in [0.2, 0.25) is 0 Å². The van der Waals surface area contributed by atoms with Crippen molar-refractivity contribution in [2.45, 2.75) is 74.3 Å². The lowest BCUT2D eigenvalue weighted by Gasteiger charge is -2.30. The van der Waals surface area contributed by atoms with E-state index in [9.17, 15) is 42.1 Å². The number of likely N-dealkylation sites (tertiary alicyclic amines) is 1. The summed E-state index contributed by atoms with van der Waals surface area (Å²) in [5.41, 5.74) is -1.73. The molecule has 0 unspecified atom stereocenters. The van der Waals surface area contributed by atoms with Crippen molar-refractivity contribution in [1.82, 2.24) is 25.2 Å². The molecule has 19 heteroatoms. The number of nitrogens with zero attached hydrogens (tertiary/aromatic N) is 3. The third-order valence-corrected chi connectivity index (χ3v) is 12.5. The van der Waals surface area contributed by atoms with Crippen molar-refractivity contribution < 1.29 is 51.1 Å². The average molecular weight is 923 g/mol. The summed E-state index contributed by atoms with van der Waals surface area (Å²) in [5.74, 6) is -3.67. The third kappa shape index (κ3) is 10.3. The number of nitrogens with one attached hydrogen (secondary N) is 3. The number of alkyl carbamates (subject to hydrolysis) is 1. The molecule has 2 heterocycles. The number of amides is 4. The number of carbonyl (C=O) groups is 4. The Morgan fingerprint density at radius 1 is 1.02 bits per heavy atom. The number of rotatable bonds is 15. The molecule has 1 aliphatic carbocycles. The smallest absolute Gasteiger partial charge is 0.408 e. The topological polar surface area (TPSA) is 225 Å². The minimum Gasteiger partial charge on any atom is -0.497 e. The minimum absolute atomic E-state index is 0.0140. The number of fused-ring (bicyclic) bond motifs is 1. The second-order valence-corrected chi connectivity index (χ2v) is 18.6. The number of pyridine rings is 1. The normalized spacial score (nSPS) is 19.5. The number of methoxy groups -OCH3 is 1. The molecule has 0 bridgehead atoms. The highest BCUT2D eigenvalue weighted by molar-refractivity contribution is 7.90. The second kappa shape index (κ2) is 18.6. The van der Waals surface area contributed by atoms with Crippen molar-refractivity contribution in [3.05, 3.63) is 137 Å². The number of sulfonamides is 1. The third-order valence-electron chi connectivity index (χ3n) is 11.2. The maximum absolute atomic E-state index is 15.0. The molecule has 0 radical (unpaired) electrons. The summed E-state index contributed by atoms with van der Waals surface area (Å²) in [6.45, 7) is 8.31. The minimum atomic E-state index is -4.38. The van der Waals surface area contributed by atoms with Gasteiger partial charge < -0.3 is 29.7 Å². The van der Waals surface area contributed by atoms with Gasteiger partial charge >= 0.3 is 11.8 Å². The Hall–Kier alpha value is -7.41. The van der Waals surface area contributed by atoms with Crippen LogP contribution in [0.4, 0.5) is 14.9 Å². The number of ether oxygens (including phenoxy) is 3. The molecule has 344 valence electrons. The molecule has 5 aromatic rings. The number of hydrogen-bond donors (Lipinski definition) is 3. The summed E-state index contributed by atoms with van der Waals surface area (Å²) in [4.78, 5) is 73.5. The maximum atomic E-state index is 15.0. The Bertz CT molecular complexity index is 2830. The molecule has 66 heavy (non-hydrogen) atoms. The fourth-order valence-corrected chi connectivity index (χ4v) is 8.89. The number of hydrogen-bond acceptors (Lipinski definition) is 12. The first-order valence-corrected chi connectivity index (χ1v) is 22.3. The number of carbonyl (C=O) groups excluding carboxylic acids is 4. The highest BCUT2D eigenvalue weighted by Crippen LogP contribution is 2.45. The number of benzene rings is 4. The summed E-state index contributed by atoms with van der Waals surface area (Å²) < 4.78 is 60.7. The number of nitro groups is 1. The van der Waals surface area contributed by atoms with Crippen LogP contribution in [0.15, 0.2) is 121 Å². The van der Waals surface area contributed by atoms with Crippen LogP contribution < -0.4 is 24.8 Å². The van der Waals surface area contributed by atoms with E-state index in [-0.39, 0.29) is 29.8 Å². The van der Waals surface area contributed by atoms with Crippen LogP contribution in [0.5, 0.6) is 11.5 Å². The van der Waals surface area contributed by atoms with E-state index in [1.54, 1.807) is 51.1 Å². The largest absolute Gasteiger partial charge is 0.497 e. The quantitative estimate of drug-likeness (QED) is 0.0624. The fourth-order valence-electron chi connectivity index (χ4n) is 7.83. The van der Waals surface area contributed by atoms with Gasteiger partial charge in [0.1, 0.15) is 40.8 Å². The highest BCUT2D eigenvalue weighted by Gasteiger charge is 2.61. The van der Waals surface area contributed by atoms with E-state index in [1.807, 2.05) is 30.3 Å². The summed E-state index contributed by atoms with van der Waals surface area (Å²) in [5, 5.41) is 17.5. The van der Waals surface area contributed by atoms with Crippen molar-refractivity contribution >= 4 is 50.4 Å². The van der Waals surface area contributed by atoms with Gasteiger partial charge in [0, 0.05) is 47.9 Å². The molecule has 1 aliphatic heterocycles. The van der Waals surface area contributed by atoms with Gasteiger partial charge in [0.15, 0.2) is 0 Å². The van der Waals surface area contributed by atoms with Gasteiger partial charge in [-0.05, 0) is 63.1 Å². The van der Waals surface area contributed by atoms with Crippen LogP contribution in [0.3, 0.4) is 0 Å². The van der Waals surface area contributed by atoms with Crippen molar-refractivity contribution in [3.8, 4) is 22.8 Å². The Balaban J connectivity index is 1.26. The number of nitro benzene ring substituents is 1. The molecular formula is C47H47FN6O11S. The van der Waals surface area contributed by atoms with Crippen molar-refractivity contribution in [1.29, 1.82) is 0 Å². The molecular weight excluding hydrogens is 876 g/mol. The van der Waals surface area contributed by atoms with Gasteiger partial charge in [-0.25, -0.2) is 22.9 Å². The first-order valence-electron chi connectivity index (χ1n) is 20.8. The van der Waals surface area contributed by atoms with Crippen molar-refractivity contribution in [2.24, 2.45) is 5.92 Å². The fraction of sp³-hybridized carbons (Fsp3) is 0.298. The molecule has 1 saturated heterocycles. The zero-order valence-electron chi connectivity index (χ0n) is 36.4. The van der Waals surface area contributed by atoms with E-state index >= 15 is 0 Å². The number of halogens is 1. The van der Waals surface area contributed by atoms with Crippen LogP contribution in [0.1, 0.15) is 39.2 Å². The molecule has 4 aromatic carbocycles. The van der Waals surface area contributed by atoms with Crippen LogP contribution in [0, 0.1) is 21.8 Å². The van der Waals surface area contributed by atoms with Gasteiger partial charge in [-0.2, -0.15) is 4.39 Å². The Morgan fingerprint density at radius 3 is 2.35 bits per heavy atom. The zero-order chi connectivity index (χ0) is 47.6. The second-order valence-electron chi connectivity index (χ2n) is 16.9. The molecule has 0 spiro atoms. The first-order chi connectivity index (χ1) is 31.3. The van der Waals surface area contributed by atoms with E-state index in [1.165, 1.54) is 43.5 Å². The molecule has 3 N–H and O–H groups in total. The van der Waals surface area contributed by atoms with Gasteiger partial charge in [-0.3, -0.25) is 24.5 Å². The van der Waals surface area contributed by atoms with E-state index in [2.05, 4.69) is 21.9 Å². The standard InChI is InChI=1S/C47H47FN6O11S/c1-6-30-26-47(30,44(57)52-66(61,62)33-15-11-8-12-16-33)51-42(55)40-24-32(64-41-25-36(29-13-9-7-10-14-29)49-37-23-31(63-5)18-19-34(37)41)27-53(40)43(56)38(50-45(58)65-46(2,3)4)21-28-17-20-35(48)39(22-28)54(59)60/h6-20,22-23,25,30,32,38,40H,1,21,24,26-27H2,2-5H3,(H,50,58)(H,51,55)(H,52,57)/t30-,32-,38+,40+,47-/m1/s1. The van der Waals surface area contributed by atoms with E-state index in [4.69, 9.17) is 19.2 Å². The average Bonchev–Trinajstić information content (AvgIpc) is 3.84. The predicted octanol–water partition coefficient (Wildman–Crippen LogP) is 6.01. The molecule has 7 rings (SSSR count). The Labute approximate surface area is 379 Å². The van der Waals surface area contributed by atoms with Gasteiger partial charge in [0.25, 0.3) is 15.9 Å². The highest BCUT2D eigenvalue weighted by atomic mass is 32.2. The van der Waals surface area contributed by atoms with Gasteiger partial charge in [-0.15, -0.1) is 6.58 Å². The molecule has 17 nitrogen and oxygen atoms in total. The predicted molar refractivity (Wildman–Crippen MR) is 239 cm³/mol. The summed E-state index contributed by atoms with van der Waals surface area (Å²) in [7, 11) is -2.86. The summed E-state index contributed by atoms with van der Waals surface area (Å²) in [6.07, 6.45) is -1.13. The molecule has 2 fully saturated rings. The summed E-state index contributed by atoms with van der Waals surface area (Å²) in [6, 6.07) is 23.5. The van der Waals surface area contributed by atoms with Gasteiger partial charge in [0.05, 0.1) is 34.7 Å². The molecule has 4 amide bonds. The molecule has 1 saturated carbocycles. The van der Waals surface area contributed by atoms with Gasteiger partial charge in [0.2, 0.25) is 17.6 Å². The van der Waals surface area contributed by atoms with E-state index in [0.717, 1.165) is 22.6 Å². The van der Waals surface area contributed by atoms with Crippen LogP contribution >= 0.6 is 0 Å². The molecule has 5 atom stereocenters. The molecule has 1 aromatic heterocycles. The lowest BCUT2D eigenvalue weighted by atomic mass is 10.0. The van der Waals surface area contributed by atoms with Crippen LogP contribution in [-0.4, -0.2) is 90.0 Å². The monoisotopic (exact) mass is 922 g/mol. The molecule has 2 aliphatic rings. The zero-order valence-corrected chi connectivity index (χ0v) is 37.2. The Morgan fingerprint density at radius 2 is 1.71 bits per heavy atom. The van der Waals surface area contributed by atoms with Crippen LogP contribution in [-0.2, 0) is 35.6 Å².